The maximum Gasteiger partial charge on any atom is 0.291 e. The van der Waals surface area contributed by atoms with Gasteiger partial charge in [0.05, 0.1) is 10.7 Å². The van der Waals surface area contributed by atoms with Crippen LogP contribution < -0.4 is 10.9 Å². The molecule has 0 radical (unpaired) electrons. The first kappa shape index (κ1) is 15.1. The number of anilines is 1. The number of hydrogen-bond acceptors (Lipinski definition) is 3. The number of halogens is 1. The van der Waals surface area contributed by atoms with E-state index in [0.29, 0.717) is 11.6 Å². The van der Waals surface area contributed by atoms with Crippen molar-refractivity contribution in [3.63, 3.8) is 0 Å². The van der Waals surface area contributed by atoms with Crippen LogP contribution in [0.3, 0.4) is 0 Å². The van der Waals surface area contributed by atoms with Crippen molar-refractivity contribution in [2.45, 2.75) is 45.1 Å². The van der Waals surface area contributed by atoms with Gasteiger partial charge in [-0.25, -0.2) is 4.68 Å². The Kier molecular flexibility index (Phi) is 5.66. The average molecular weight is 338 g/mol. The Morgan fingerprint density at radius 1 is 1.50 bits per heavy atom. The number of unbranched alkanes of at least 4 members (excludes halogenated alkanes) is 2. The molecule has 1 fully saturated rings. The minimum atomic E-state index is -0.0387. The van der Waals surface area contributed by atoms with Gasteiger partial charge < -0.3 is 5.32 Å². The van der Waals surface area contributed by atoms with Gasteiger partial charge in [-0.2, -0.15) is 5.10 Å². The Hall–Kier alpha value is -1.28. The van der Waals surface area contributed by atoms with Gasteiger partial charge >= 0.3 is 0 Å². The lowest BCUT2D eigenvalue weighted by atomic mass is 9.85. The topological polar surface area (TPSA) is 46.9 Å². The molecule has 0 amide bonds. The number of aromatic nitrogens is 2. The summed E-state index contributed by atoms with van der Waals surface area (Å²) in [7, 11) is 0. The Morgan fingerprint density at radius 2 is 2.30 bits per heavy atom. The Labute approximate surface area is 128 Å². The summed E-state index contributed by atoms with van der Waals surface area (Å²) in [5, 5.41) is 7.41. The summed E-state index contributed by atoms with van der Waals surface area (Å²) >= 11 is 3.39. The number of terminal acetylenes is 1. The van der Waals surface area contributed by atoms with E-state index < -0.39 is 0 Å². The predicted octanol–water partition coefficient (Wildman–Crippen LogP) is 3.02. The molecule has 2 rings (SSSR count). The lowest BCUT2D eigenvalue weighted by molar-refractivity contribution is 0.262. The van der Waals surface area contributed by atoms with E-state index >= 15 is 0 Å². The molecule has 1 aromatic rings. The molecule has 1 aliphatic carbocycles. The second kappa shape index (κ2) is 7.49. The zero-order valence-electron chi connectivity index (χ0n) is 11.6. The Morgan fingerprint density at radius 3 is 2.95 bits per heavy atom. The minimum Gasteiger partial charge on any atom is -0.380 e. The highest BCUT2D eigenvalue weighted by atomic mass is 79.9. The van der Waals surface area contributed by atoms with Crippen LogP contribution in [-0.2, 0) is 6.54 Å². The van der Waals surface area contributed by atoms with E-state index in [4.69, 9.17) is 6.42 Å². The monoisotopic (exact) mass is 337 g/mol. The van der Waals surface area contributed by atoms with Crippen LogP contribution in [-0.4, -0.2) is 16.3 Å². The fourth-order valence-corrected chi connectivity index (χ4v) is 2.65. The first-order valence-electron chi connectivity index (χ1n) is 7.15. The smallest absolute Gasteiger partial charge is 0.291 e. The third kappa shape index (κ3) is 3.86. The van der Waals surface area contributed by atoms with Crippen LogP contribution in [0.4, 0.5) is 5.69 Å². The van der Waals surface area contributed by atoms with Gasteiger partial charge in [-0.1, -0.05) is 6.42 Å². The standard InChI is InChI=1S/C15H20BrN3O/c1-2-3-4-5-9-17-14-13(16)10-18-19(15(14)20)11-12-7-6-8-12/h1,10,12,17H,3-9,11H2. The molecular formula is C15H20BrN3O. The van der Waals surface area contributed by atoms with Gasteiger partial charge in [-0.3, -0.25) is 4.79 Å². The van der Waals surface area contributed by atoms with Gasteiger partial charge in [-0.15, -0.1) is 12.3 Å². The second-order valence-corrected chi connectivity index (χ2v) is 6.09. The largest absolute Gasteiger partial charge is 0.380 e. The predicted molar refractivity (Wildman–Crippen MR) is 84.7 cm³/mol. The van der Waals surface area contributed by atoms with E-state index in [1.165, 1.54) is 19.3 Å². The first-order chi connectivity index (χ1) is 9.72. The van der Waals surface area contributed by atoms with Gasteiger partial charge in [0, 0.05) is 19.5 Å². The molecule has 0 aromatic carbocycles. The molecule has 20 heavy (non-hydrogen) atoms. The van der Waals surface area contributed by atoms with Crippen LogP contribution in [0.2, 0.25) is 0 Å². The van der Waals surface area contributed by atoms with Crippen LogP contribution in [0.5, 0.6) is 0 Å². The maximum absolute atomic E-state index is 12.4. The van der Waals surface area contributed by atoms with Crippen LogP contribution in [0.15, 0.2) is 15.5 Å². The highest BCUT2D eigenvalue weighted by Crippen LogP contribution is 2.27. The van der Waals surface area contributed by atoms with E-state index in [1.54, 1.807) is 10.9 Å². The summed E-state index contributed by atoms with van der Waals surface area (Å²) in [6.07, 6.45) is 13.3. The molecule has 1 aliphatic rings. The van der Waals surface area contributed by atoms with Gasteiger partial charge in [0.15, 0.2) is 0 Å². The molecule has 1 saturated carbocycles. The van der Waals surface area contributed by atoms with Crippen molar-refractivity contribution in [2.24, 2.45) is 5.92 Å². The van der Waals surface area contributed by atoms with Crippen molar-refractivity contribution in [2.75, 3.05) is 11.9 Å². The highest BCUT2D eigenvalue weighted by Gasteiger charge is 2.20. The molecule has 0 bridgehead atoms. The van der Waals surface area contributed by atoms with Crippen molar-refractivity contribution in [1.82, 2.24) is 9.78 Å². The van der Waals surface area contributed by atoms with Crippen molar-refractivity contribution >= 4 is 21.6 Å². The molecule has 0 aliphatic heterocycles. The molecule has 0 unspecified atom stereocenters. The summed E-state index contributed by atoms with van der Waals surface area (Å²) in [5.41, 5.74) is 0.572. The average Bonchev–Trinajstić information content (AvgIpc) is 2.39. The van der Waals surface area contributed by atoms with Gasteiger partial charge in [0.2, 0.25) is 0 Å². The first-order valence-corrected chi connectivity index (χ1v) is 7.94. The third-order valence-electron chi connectivity index (χ3n) is 3.70. The molecule has 0 spiro atoms. The lowest BCUT2D eigenvalue weighted by Gasteiger charge is -2.25. The molecule has 0 atom stereocenters. The van der Waals surface area contributed by atoms with Crippen molar-refractivity contribution in [1.29, 1.82) is 0 Å². The van der Waals surface area contributed by atoms with E-state index in [2.05, 4.69) is 32.3 Å². The maximum atomic E-state index is 12.4. The van der Waals surface area contributed by atoms with Gasteiger partial charge in [0.1, 0.15) is 5.69 Å². The van der Waals surface area contributed by atoms with E-state index in [1.807, 2.05) is 0 Å². The SMILES string of the molecule is C#CCCCCNc1c(Br)cnn(CC2CCC2)c1=O. The number of rotatable bonds is 7. The normalized spacial score (nSPS) is 14.6. The Bertz CT molecular complexity index is 543. The summed E-state index contributed by atoms with van der Waals surface area (Å²) in [5.74, 6) is 3.24. The van der Waals surface area contributed by atoms with E-state index in [9.17, 15) is 4.79 Å². The van der Waals surface area contributed by atoms with Crippen molar-refractivity contribution in [3.05, 3.63) is 21.0 Å². The quantitative estimate of drug-likeness (QED) is 0.614. The van der Waals surface area contributed by atoms with Gasteiger partial charge in [-0.05, 0) is 47.5 Å². The molecule has 108 valence electrons. The molecule has 4 nitrogen and oxygen atoms in total. The van der Waals surface area contributed by atoms with E-state index in [-0.39, 0.29) is 5.56 Å². The Balaban J connectivity index is 1.97. The molecule has 1 aromatic heterocycles. The summed E-state index contributed by atoms with van der Waals surface area (Å²) in [6.45, 7) is 1.49. The molecule has 5 heteroatoms. The molecule has 1 heterocycles. The van der Waals surface area contributed by atoms with Crippen LogP contribution >= 0.6 is 15.9 Å². The minimum absolute atomic E-state index is 0.0387. The highest BCUT2D eigenvalue weighted by molar-refractivity contribution is 9.10. The van der Waals surface area contributed by atoms with Crippen molar-refractivity contribution in [3.8, 4) is 12.3 Å². The van der Waals surface area contributed by atoms with Crippen LogP contribution in [0, 0.1) is 18.3 Å². The van der Waals surface area contributed by atoms with Gasteiger partial charge in [0.25, 0.3) is 5.56 Å². The zero-order chi connectivity index (χ0) is 14.4. The van der Waals surface area contributed by atoms with E-state index in [0.717, 1.165) is 36.8 Å². The number of nitrogens with one attached hydrogen (secondary N) is 1. The van der Waals surface area contributed by atoms with Crippen LogP contribution in [0.1, 0.15) is 38.5 Å². The van der Waals surface area contributed by atoms with Crippen LogP contribution in [0.25, 0.3) is 0 Å². The third-order valence-corrected chi connectivity index (χ3v) is 4.30. The number of hydrogen-bond donors (Lipinski definition) is 1. The summed E-state index contributed by atoms with van der Waals surface area (Å²) in [4.78, 5) is 12.4. The fraction of sp³-hybridized carbons (Fsp3) is 0.600. The zero-order valence-corrected chi connectivity index (χ0v) is 13.2. The molecular weight excluding hydrogens is 318 g/mol. The lowest BCUT2D eigenvalue weighted by Crippen LogP contribution is -2.31. The second-order valence-electron chi connectivity index (χ2n) is 5.24. The van der Waals surface area contributed by atoms with Crippen molar-refractivity contribution < 1.29 is 0 Å². The summed E-state index contributed by atoms with van der Waals surface area (Å²) < 4.78 is 2.31. The number of nitrogens with zero attached hydrogens (tertiary/aromatic N) is 2. The molecule has 0 saturated heterocycles. The fourth-order valence-electron chi connectivity index (χ4n) is 2.24. The molecule has 1 N–H and O–H groups in total. The summed E-state index contributed by atoms with van der Waals surface area (Å²) in [6, 6.07) is 0.